The first-order valence-electron chi connectivity index (χ1n) is 1.97. The molecule has 0 spiro atoms. The third-order valence-electron chi connectivity index (χ3n) is 0.617. The van der Waals surface area contributed by atoms with E-state index < -0.39 is 0 Å². The van der Waals surface area contributed by atoms with E-state index in [9.17, 15) is 0 Å². The molecule has 0 amide bonds. The molecule has 0 atom stereocenters. The van der Waals surface area contributed by atoms with E-state index in [1.807, 2.05) is 0 Å². The van der Waals surface area contributed by atoms with Crippen LogP contribution >= 0.6 is 0 Å². The first-order chi connectivity index (χ1) is 3.39. The molecule has 2 nitrogen and oxygen atoms in total. The van der Waals surface area contributed by atoms with Crippen molar-refractivity contribution in [1.29, 1.82) is 0 Å². The summed E-state index contributed by atoms with van der Waals surface area (Å²) >= 11 is 0. The number of hydrogen-bond donors (Lipinski definition) is 0. The van der Waals surface area contributed by atoms with Crippen LogP contribution in [0, 0.1) is 6.92 Å². The van der Waals surface area contributed by atoms with Gasteiger partial charge in [-0.25, -0.2) is 6.92 Å². The zero-order chi connectivity index (χ0) is 5.11. The summed E-state index contributed by atoms with van der Waals surface area (Å²) in [7, 11) is 0. The van der Waals surface area contributed by atoms with Gasteiger partial charge >= 0.3 is 32.7 Å². The predicted molar refractivity (Wildman–Crippen MR) is 26.5 cm³/mol. The van der Waals surface area contributed by atoms with Gasteiger partial charge in [0.1, 0.15) is 0 Å². The second-order valence-electron chi connectivity index (χ2n) is 1.20. The van der Waals surface area contributed by atoms with Gasteiger partial charge in [-0.15, -0.1) is 0 Å². The molecule has 0 fully saturated rings. The van der Waals surface area contributed by atoms with E-state index in [4.69, 9.17) is 0 Å². The molecule has 0 aromatic carbocycles. The van der Waals surface area contributed by atoms with Gasteiger partial charge in [0.05, 0.1) is 0 Å². The van der Waals surface area contributed by atoms with Crippen LogP contribution in [0.4, 0.5) is 0 Å². The van der Waals surface area contributed by atoms with Crippen molar-refractivity contribution in [3.63, 3.8) is 0 Å². The average molecular weight is 182 g/mol. The van der Waals surface area contributed by atoms with Crippen molar-refractivity contribution in [2.24, 2.45) is 0 Å². The maximum absolute atomic E-state index is 3.81. The maximum Gasteiger partial charge on any atom is 3.00 e. The molecule has 0 aliphatic rings. The van der Waals surface area contributed by atoms with Crippen molar-refractivity contribution in [1.82, 2.24) is 9.97 Å². The van der Waals surface area contributed by atoms with Gasteiger partial charge in [0, 0.05) is 12.4 Å². The van der Waals surface area contributed by atoms with Crippen LogP contribution < -0.4 is 0 Å². The molecular weight excluding hydrogens is 177 g/mol. The third kappa shape index (κ3) is 2.38. The average Bonchev–Trinajstić information content (AvgIpc) is 1.69. The second kappa shape index (κ2) is 3.99. The third-order valence-corrected chi connectivity index (χ3v) is 0.617. The maximum atomic E-state index is 3.81. The Morgan fingerprint density at radius 1 is 1.38 bits per heavy atom. The summed E-state index contributed by atoms with van der Waals surface area (Å²) in [6.45, 7) is 3.55. The van der Waals surface area contributed by atoms with Crippen LogP contribution in [-0.2, 0) is 32.7 Å². The van der Waals surface area contributed by atoms with Gasteiger partial charge < -0.3 is 4.98 Å². The van der Waals surface area contributed by atoms with Crippen LogP contribution in [0.2, 0.25) is 0 Å². The SMILES string of the molecule is [CH2-]c1cnccn1.[Y+3]. The molecule has 36 valence electrons. The molecular formula is C5H5N2Y+2. The van der Waals surface area contributed by atoms with Crippen molar-refractivity contribution in [2.45, 2.75) is 0 Å². The minimum absolute atomic E-state index is 0. The van der Waals surface area contributed by atoms with E-state index in [1.54, 1.807) is 18.6 Å². The fraction of sp³-hybridized carbons (Fsp3) is 0. The van der Waals surface area contributed by atoms with Gasteiger partial charge in [-0.2, -0.15) is 0 Å². The van der Waals surface area contributed by atoms with Crippen molar-refractivity contribution in [2.75, 3.05) is 0 Å². The number of rotatable bonds is 0. The molecule has 3 heteroatoms. The molecule has 0 unspecified atom stereocenters. The molecule has 0 aliphatic heterocycles. The molecule has 1 heterocycles. The van der Waals surface area contributed by atoms with Gasteiger partial charge in [0.2, 0.25) is 0 Å². The Balaban J connectivity index is 0.000000490. The summed E-state index contributed by atoms with van der Waals surface area (Å²) in [6, 6.07) is 0. The zero-order valence-corrected chi connectivity index (χ0v) is 7.25. The Bertz CT molecular complexity index is 140. The number of nitrogens with zero attached hydrogens (tertiary/aromatic N) is 2. The normalized spacial score (nSPS) is 7.50. The summed E-state index contributed by atoms with van der Waals surface area (Å²) in [5.74, 6) is 0. The number of aromatic nitrogens is 2. The minimum Gasteiger partial charge on any atom is -0.355 e. The van der Waals surface area contributed by atoms with Crippen molar-refractivity contribution in [3.8, 4) is 0 Å². The smallest absolute Gasteiger partial charge is 0.355 e. The van der Waals surface area contributed by atoms with Crippen LogP contribution in [0.5, 0.6) is 0 Å². The first kappa shape index (κ1) is 8.05. The summed E-state index contributed by atoms with van der Waals surface area (Å²) in [6.07, 6.45) is 4.84. The van der Waals surface area contributed by atoms with E-state index in [0.717, 1.165) is 0 Å². The Morgan fingerprint density at radius 3 is 2.38 bits per heavy atom. The Morgan fingerprint density at radius 2 is 2.12 bits per heavy atom. The summed E-state index contributed by atoms with van der Waals surface area (Å²) in [5.41, 5.74) is 0.711. The molecule has 1 aromatic heterocycles. The molecule has 0 N–H and O–H groups in total. The van der Waals surface area contributed by atoms with Gasteiger partial charge in [-0.1, -0.05) is 11.9 Å². The van der Waals surface area contributed by atoms with Crippen LogP contribution in [0.1, 0.15) is 5.69 Å². The van der Waals surface area contributed by atoms with Crippen LogP contribution in [0.25, 0.3) is 0 Å². The second-order valence-corrected chi connectivity index (χ2v) is 1.20. The Labute approximate surface area is 73.6 Å². The van der Waals surface area contributed by atoms with Crippen LogP contribution in [-0.4, -0.2) is 9.97 Å². The fourth-order valence-electron chi connectivity index (χ4n) is 0.330. The predicted octanol–water partition coefficient (Wildman–Crippen LogP) is 0.656. The summed E-state index contributed by atoms with van der Waals surface area (Å²) in [4.78, 5) is 7.56. The first-order valence-corrected chi connectivity index (χ1v) is 1.97. The Hall–Kier alpha value is 0.0539. The zero-order valence-electron chi connectivity index (χ0n) is 4.41. The van der Waals surface area contributed by atoms with Crippen molar-refractivity contribution < 1.29 is 32.7 Å². The topological polar surface area (TPSA) is 25.8 Å². The molecule has 0 radical (unpaired) electrons. The van der Waals surface area contributed by atoms with Gasteiger partial charge in [0.15, 0.2) is 0 Å². The van der Waals surface area contributed by atoms with Crippen LogP contribution in [0.15, 0.2) is 18.6 Å². The molecule has 0 bridgehead atoms. The fourth-order valence-corrected chi connectivity index (χ4v) is 0.330. The molecule has 0 aliphatic carbocycles. The monoisotopic (exact) mass is 182 g/mol. The van der Waals surface area contributed by atoms with Crippen molar-refractivity contribution >= 4 is 0 Å². The van der Waals surface area contributed by atoms with E-state index in [-0.39, 0.29) is 32.7 Å². The molecule has 1 aromatic rings. The van der Waals surface area contributed by atoms with Crippen LogP contribution in [0.3, 0.4) is 0 Å². The molecule has 0 saturated carbocycles. The summed E-state index contributed by atoms with van der Waals surface area (Å²) < 4.78 is 0. The number of hydrogen-bond acceptors (Lipinski definition) is 2. The van der Waals surface area contributed by atoms with Gasteiger partial charge in [0.25, 0.3) is 0 Å². The molecule has 0 saturated heterocycles. The van der Waals surface area contributed by atoms with E-state index in [2.05, 4.69) is 16.9 Å². The Kier molecular flexibility index (Phi) is 4.01. The molecule has 8 heavy (non-hydrogen) atoms. The largest absolute Gasteiger partial charge is 3.00 e. The summed E-state index contributed by atoms with van der Waals surface area (Å²) in [5, 5.41) is 0. The molecule has 1 rings (SSSR count). The van der Waals surface area contributed by atoms with E-state index in [1.165, 1.54) is 0 Å². The van der Waals surface area contributed by atoms with Crippen molar-refractivity contribution in [3.05, 3.63) is 31.2 Å². The van der Waals surface area contributed by atoms with E-state index in [0.29, 0.717) is 5.69 Å². The quantitative estimate of drug-likeness (QED) is 0.550. The minimum atomic E-state index is 0. The standard InChI is InChI=1S/C5H5N2.Y/c1-5-4-6-2-3-7-5;/h2-4H,1H2;/q-1;+3. The van der Waals surface area contributed by atoms with Gasteiger partial charge in [-0.3, -0.25) is 4.98 Å². The van der Waals surface area contributed by atoms with Gasteiger partial charge in [-0.05, 0) is 0 Å². The van der Waals surface area contributed by atoms with E-state index >= 15 is 0 Å².